The van der Waals surface area contributed by atoms with Crippen LogP contribution in [-0.4, -0.2) is 69.8 Å². The lowest BCUT2D eigenvalue weighted by Gasteiger charge is -2.39. The summed E-state index contributed by atoms with van der Waals surface area (Å²) in [6, 6.07) is 0.241. The molecule has 1 aliphatic heterocycles. The van der Waals surface area contributed by atoms with Crippen LogP contribution in [0.3, 0.4) is 0 Å². The highest BCUT2D eigenvalue weighted by atomic mass is 32.2. The fourth-order valence-electron chi connectivity index (χ4n) is 1.81. The summed E-state index contributed by atoms with van der Waals surface area (Å²) in [7, 11) is -1.32. The van der Waals surface area contributed by atoms with Crippen LogP contribution in [0.25, 0.3) is 0 Å². The predicted molar refractivity (Wildman–Crippen MR) is 59.9 cm³/mol. The van der Waals surface area contributed by atoms with Crippen LogP contribution in [0.4, 0.5) is 0 Å². The van der Waals surface area contributed by atoms with E-state index in [2.05, 4.69) is 9.80 Å². The number of likely N-dealkylation sites (N-methyl/N-ethyl adjacent to an activating group) is 1. The number of nitrogens with zero attached hydrogens (tertiary/aromatic N) is 2. The van der Waals surface area contributed by atoms with E-state index in [0.29, 0.717) is 13.1 Å². The molecule has 1 saturated heterocycles. The molecule has 1 heterocycles. The van der Waals surface area contributed by atoms with Gasteiger partial charge in [0, 0.05) is 38.8 Å². The van der Waals surface area contributed by atoms with Crippen molar-refractivity contribution in [1.82, 2.24) is 9.80 Å². The van der Waals surface area contributed by atoms with Crippen LogP contribution < -0.4 is 10.9 Å². The summed E-state index contributed by atoms with van der Waals surface area (Å²) in [5.41, 5.74) is 5.65. The maximum atomic E-state index is 10.8. The molecule has 90 valence electrons. The molecule has 0 saturated carbocycles. The molecular weight excluding hydrogens is 216 g/mol. The van der Waals surface area contributed by atoms with Crippen LogP contribution >= 0.6 is 0 Å². The first-order chi connectivity index (χ1) is 6.92. The highest BCUT2D eigenvalue weighted by Gasteiger charge is 2.24. The van der Waals surface area contributed by atoms with Crippen molar-refractivity contribution in [3.63, 3.8) is 0 Å². The normalized spacial score (nSPS) is 25.7. The Labute approximate surface area is 91.2 Å². The van der Waals surface area contributed by atoms with Crippen LogP contribution in [0.2, 0.25) is 0 Å². The Morgan fingerprint density at radius 1 is 1.40 bits per heavy atom. The molecule has 0 aliphatic carbocycles. The predicted octanol–water partition coefficient (Wildman–Crippen LogP) is -2.15. The number of sulfonamides is 1. The molecule has 1 unspecified atom stereocenters. The van der Waals surface area contributed by atoms with Gasteiger partial charge in [0.2, 0.25) is 10.0 Å². The minimum absolute atomic E-state index is 0.00716. The molecule has 0 aromatic carbocycles. The average molecular weight is 236 g/mol. The molecular formula is C8H20N4O2S. The van der Waals surface area contributed by atoms with Gasteiger partial charge in [-0.3, -0.25) is 4.90 Å². The third-order valence-electron chi connectivity index (χ3n) is 2.74. The van der Waals surface area contributed by atoms with Crippen molar-refractivity contribution in [2.45, 2.75) is 6.04 Å². The SMILES string of the molecule is CN1CCN(CCS(N)(=O)=O)C(CN)C1. The maximum absolute atomic E-state index is 10.8. The van der Waals surface area contributed by atoms with Crippen molar-refractivity contribution in [3.05, 3.63) is 0 Å². The molecule has 15 heavy (non-hydrogen) atoms. The molecule has 1 aliphatic rings. The van der Waals surface area contributed by atoms with Gasteiger partial charge in [0.05, 0.1) is 5.75 Å². The molecule has 4 N–H and O–H groups in total. The van der Waals surface area contributed by atoms with E-state index in [4.69, 9.17) is 10.9 Å². The minimum atomic E-state index is -3.36. The highest BCUT2D eigenvalue weighted by Crippen LogP contribution is 2.06. The van der Waals surface area contributed by atoms with Crippen molar-refractivity contribution in [2.24, 2.45) is 10.9 Å². The van der Waals surface area contributed by atoms with Crippen LogP contribution in [0.1, 0.15) is 0 Å². The van der Waals surface area contributed by atoms with Gasteiger partial charge in [0.15, 0.2) is 0 Å². The fraction of sp³-hybridized carbons (Fsp3) is 1.00. The van der Waals surface area contributed by atoms with Crippen molar-refractivity contribution in [1.29, 1.82) is 0 Å². The summed E-state index contributed by atoms with van der Waals surface area (Å²) in [6.07, 6.45) is 0. The van der Waals surface area contributed by atoms with E-state index in [9.17, 15) is 8.42 Å². The second kappa shape index (κ2) is 5.22. The van der Waals surface area contributed by atoms with Gasteiger partial charge in [-0.2, -0.15) is 0 Å². The van der Waals surface area contributed by atoms with Crippen LogP contribution in [0, 0.1) is 0 Å². The zero-order valence-electron chi connectivity index (χ0n) is 9.09. The number of primary sulfonamides is 1. The number of rotatable bonds is 4. The zero-order valence-corrected chi connectivity index (χ0v) is 9.91. The van der Waals surface area contributed by atoms with Gasteiger partial charge < -0.3 is 10.6 Å². The van der Waals surface area contributed by atoms with E-state index in [-0.39, 0.29) is 11.8 Å². The quantitative estimate of drug-likeness (QED) is 0.580. The van der Waals surface area contributed by atoms with Gasteiger partial charge in [0.1, 0.15) is 0 Å². The van der Waals surface area contributed by atoms with Crippen LogP contribution in [-0.2, 0) is 10.0 Å². The molecule has 1 rings (SSSR count). The maximum Gasteiger partial charge on any atom is 0.210 e. The van der Waals surface area contributed by atoms with Crippen molar-refractivity contribution < 1.29 is 8.42 Å². The molecule has 1 atom stereocenters. The van der Waals surface area contributed by atoms with E-state index in [1.807, 2.05) is 7.05 Å². The molecule has 1 fully saturated rings. The summed E-state index contributed by atoms with van der Waals surface area (Å²) in [5, 5.41) is 4.97. The second-order valence-corrected chi connectivity index (χ2v) is 5.79. The van der Waals surface area contributed by atoms with Gasteiger partial charge in [-0.25, -0.2) is 13.6 Å². The first-order valence-corrected chi connectivity index (χ1v) is 6.77. The topological polar surface area (TPSA) is 92.7 Å². The summed E-state index contributed by atoms with van der Waals surface area (Å²) in [6.45, 7) is 3.72. The Balaban J connectivity index is 2.46. The molecule has 0 bridgehead atoms. The third kappa shape index (κ3) is 4.43. The molecule has 6 nitrogen and oxygen atoms in total. The Hall–Kier alpha value is -0.210. The zero-order chi connectivity index (χ0) is 11.5. The van der Waals surface area contributed by atoms with Crippen molar-refractivity contribution in [3.8, 4) is 0 Å². The number of piperazine rings is 1. The Kier molecular flexibility index (Phi) is 4.47. The molecule has 0 amide bonds. The largest absolute Gasteiger partial charge is 0.329 e. The van der Waals surface area contributed by atoms with E-state index in [0.717, 1.165) is 19.6 Å². The Bertz CT molecular complexity index is 293. The van der Waals surface area contributed by atoms with E-state index in [1.54, 1.807) is 0 Å². The van der Waals surface area contributed by atoms with Crippen molar-refractivity contribution >= 4 is 10.0 Å². The molecule has 0 aromatic rings. The summed E-state index contributed by atoms with van der Waals surface area (Å²) in [4.78, 5) is 4.30. The molecule has 0 aromatic heterocycles. The number of hydrogen-bond donors (Lipinski definition) is 2. The lowest BCUT2D eigenvalue weighted by Crippen LogP contribution is -2.55. The molecule has 0 spiro atoms. The summed E-state index contributed by atoms with van der Waals surface area (Å²) in [5.74, 6) is 0.00716. The van der Waals surface area contributed by atoms with Gasteiger partial charge in [-0.1, -0.05) is 0 Å². The first kappa shape index (κ1) is 12.9. The summed E-state index contributed by atoms with van der Waals surface area (Å²) < 4.78 is 21.7. The Morgan fingerprint density at radius 3 is 2.60 bits per heavy atom. The van der Waals surface area contributed by atoms with Crippen LogP contribution in [0.5, 0.6) is 0 Å². The minimum Gasteiger partial charge on any atom is -0.329 e. The van der Waals surface area contributed by atoms with E-state index in [1.165, 1.54) is 0 Å². The van der Waals surface area contributed by atoms with E-state index < -0.39 is 10.0 Å². The lowest BCUT2D eigenvalue weighted by atomic mass is 10.2. The first-order valence-electron chi connectivity index (χ1n) is 5.05. The fourth-order valence-corrected chi connectivity index (χ4v) is 2.30. The smallest absolute Gasteiger partial charge is 0.210 e. The monoisotopic (exact) mass is 236 g/mol. The van der Waals surface area contributed by atoms with Gasteiger partial charge in [0.25, 0.3) is 0 Å². The van der Waals surface area contributed by atoms with Crippen LogP contribution in [0.15, 0.2) is 0 Å². The average Bonchev–Trinajstić information content (AvgIpc) is 2.14. The lowest BCUT2D eigenvalue weighted by molar-refractivity contribution is 0.100. The van der Waals surface area contributed by atoms with Gasteiger partial charge in [-0.05, 0) is 7.05 Å². The van der Waals surface area contributed by atoms with Crippen molar-refractivity contribution in [2.75, 3.05) is 45.5 Å². The summed E-state index contributed by atoms with van der Waals surface area (Å²) >= 11 is 0. The van der Waals surface area contributed by atoms with Gasteiger partial charge >= 0.3 is 0 Å². The van der Waals surface area contributed by atoms with E-state index >= 15 is 0 Å². The molecule has 7 heteroatoms. The number of nitrogens with two attached hydrogens (primary N) is 2. The standard InChI is InChI=1S/C8H20N4O2S/c1-11-2-3-12(8(6-9)7-11)4-5-15(10,13)14/h8H,2-7,9H2,1H3,(H2,10,13,14). The van der Waals surface area contributed by atoms with Gasteiger partial charge in [-0.15, -0.1) is 0 Å². The Morgan fingerprint density at radius 2 is 2.07 bits per heavy atom. The number of hydrogen-bond acceptors (Lipinski definition) is 5. The second-order valence-electron chi connectivity index (χ2n) is 4.05. The highest BCUT2D eigenvalue weighted by molar-refractivity contribution is 7.89. The third-order valence-corrected chi connectivity index (χ3v) is 3.49. The molecule has 0 radical (unpaired) electrons.